The second-order valence-corrected chi connectivity index (χ2v) is 7.91. The molecule has 5 nitrogen and oxygen atoms in total. The van der Waals surface area contributed by atoms with Gasteiger partial charge in [-0.1, -0.05) is 6.07 Å². The summed E-state index contributed by atoms with van der Waals surface area (Å²) in [5.41, 5.74) is 5.40. The van der Waals surface area contributed by atoms with Crippen molar-refractivity contribution in [1.82, 2.24) is 0 Å². The summed E-state index contributed by atoms with van der Waals surface area (Å²) in [4.78, 5) is 11.8. The van der Waals surface area contributed by atoms with Crippen LogP contribution in [0.5, 0.6) is 0 Å². The van der Waals surface area contributed by atoms with Crippen molar-refractivity contribution in [3.8, 4) is 0 Å². The maximum Gasteiger partial charge on any atom is 0.262 e. The summed E-state index contributed by atoms with van der Waals surface area (Å²) >= 11 is 0. The van der Waals surface area contributed by atoms with Crippen LogP contribution in [-0.2, 0) is 21.2 Å². The number of hydrogen-bond donors (Lipinski definition) is 2. The highest BCUT2D eigenvalue weighted by Crippen LogP contribution is 2.30. The van der Waals surface area contributed by atoms with Gasteiger partial charge in [0.05, 0.1) is 11.3 Å². The lowest BCUT2D eigenvalue weighted by Gasteiger charge is -2.17. The topological polar surface area (TPSA) is 75.3 Å². The van der Waals surface area contributed by atoms with E-state index in [-0.39, 0.29) is 12.3 Å². The van der Waals surface area contributed by atoms with Crippen molar-refractivity contribution in [1.29, 1.82) is 0 Å². The molecule has 6 heteroatoms. The zero-order valence-corrected chi connectivity index (χ0v) is 15.0. The number of fused-ring (bicyclic) bond motifs is 1. The van der Waals surface area contributed by atoms with Crippen LogP contribution in [0.1, 0.15) is 27.8 Å². The lowest BCUT2D eigenvalue weighted by Crippen LogP contribution is -2.17. The quantitative estimate of drug-likeness (QED) is 0.898. The van der Waals surface area contributed by atoms with E-state index in [0.717, 1.165) is 33.5 Å². The van der Waals surface area contributed by atoms with Gasteiger partial charge in [0.1, 0.15) is 0 Å². The highest BCUT2D eigenvalue weighted by atomic mass is 32.2. The van der Waals surface area contributed by atoms with Gasteiger partial charge in [0.2, 0.25) is 5.91 Å². The molecule has 0 bridgehead atoms. The SMILES string of the molecule is Cc1cc(C)c(C)c(S(=O)(=O)Nc2ccc3c(c2)CC(=O)N3)c1C. The Kier molecular flexibility index (Phi) is 3.87. The van der Waals surface area contributed by atoms with E-state index in [2.05, 4.69) is 10.0 Å². The van der Waals surface area contributed by atoms with Crippen molar-refractivity contribution < 1.29 is 13.2 Å². The average Bonchev–Trinajstić information content (AvgIpc) is 2.84. The number of carbonyl (C=O) groups is 1. The van der Waals surface area contributed by atoms with Crippen molar-refractivity contribution >= 4 is 27.3 Å². The van der Waals surface area contributed by atoms with Crippen molar-refractivity contribution in [2.75, 3.05) is 10.0 Å². The summed E-state index contributed by atoms with van der Waals surface area (Å²) < 4.78 is 28.5. The lowest BCUT2D eigenvalue weighted by atomic mass is 10.0. The Morgan fingerprint density at radius 2 is 1.62 bits per heavy atom. The van der Waals surface area contributed by atoms with Crippen molar-refractivity contribution in [3.05, 3.63) is 52.1 Å². The summed E-state index contributed by atoms with van der Waals surface area (Å²) in [6.07, 6.45) is 0.270. The number of benzene rings is 2. The average molecular weight is 344 g/mol. The summed E-state index contributed by atoms with van der Waals surface area (Å²) in [6, 6.07) is 7.09. The Balaban J connectivity index is 2.02. The van der Waals surface area contributed by atoms with Gasteiger partial charge < -0.3 is 5.32 Å². The van der Waals surface area contributed by atoms with E-state index in [0.29, 0.717) is 10.6 Å². The molecular weight excluding hydrogens is 324 g/mol. The summed E-state index contributed by atoms with van der Waals surface area (Å²) in [5, 5.41) is 2.74. The first-order valence-electron chi connectivity index (χ1n) is 7.72. The minimum atomic E-state index is -3.71. The molecule has 2 aromatic rings. The molecule has 0 radical (unpaired) electrons. The van der Waals surface area contributed by atoms with Gasteiger partial charge in [0.25, 0.3) is 10.0 Å². The number of amides is 1. The summed E-state index contributed by atoms with van der Waals surface area (Å²) in [7, 11) is -3.71. The van der Waals surface area contributed by atoms with Gasteiger partial charge >= 0.3 is 0 Å². The van der Waals surface area contributed by atoms with Gasteiger partial charge in [0.15, 0.2) is 0 Å². The maximum atomic E-state index is 12.9. The Morgan fingerprint density at radius 1 is 1.00 bits per heavy atom. The molecule has 3 rings (SSSR count). The van der Waals surface area contributed by atoms with Gasteiger partial charge in [0, 0.05) is 11.4 Å². The van der Waals surface area contributed by atoms with E-state index in [1.807, 2.05) is 33.8 Å². The normalized spacial score (nSPS) is 13.6. The largest absolute Gasteiger partial charge is 0.326 e. The first-order valence-corrected chi connectivity index (χ1v) is 9.20. The second-order valence-electron chi connectivity index (χ2n) is 6.29. The Hall–Kier alpha value is -2.34. The summed E-state index contributed by atoms with van der Waals surface area (Å²) in [5.74, 6) is -0.0778. The number of rotatable bonds is 3. The van der Waals surface area contributed by atoms with E-state index in [1.54, 1.807) is 18.2 Å². The molecule has 126 valence electrons. The molecule has 0 spiro atoms. The molecule has 0 fully saturated rings. The first kappa shape index (κ1) is 16.5. The van der Waals surface area contributed by atoms with Crippen LogP contribution in [0.4, 0.5) is 11.4 Å². The predicted octanol–water partition coefficient (Wildman–Crippen LogP) is 3.22. The van der Waals surface area contributed by atoms with Crippen LogP contribution in [0, 0.1) is 27.7 Å². The van der Waals surface area contributed by atoms with E-state index in [4.69, 9.17) is 0 Å². The molecule has 1 amide bonds. The monoisotopic (exact) mass is 344 g/mol. The van der Waals surface area contributed by atoms with E-state index >= 15 is 0 Å². The minimum absolute atomic E-state index is 0.0778. The zero-order valence-electron chi connectivity index (χ0n) is 14.1. The van der Waals surface area contributed by atoms with Gasteiger partial charge in [-0.05, 0) is 73.7 Å². The van der Waals surface area contributed by atoms with Crippen LogP contribution < -0.4 is 10.0 Å². The third kappa shape index (κ3) is 2.78. The Bertz CT molecular complexity index is 936. The number of carbonyl (C=O) groups excluding carboxylic acids is 1. The van der Waals surface area contributed by atoms with Crippen LogP contribution in [-0.4, -0.2) is 14.3 Å². The Labute approximate surface area is 142 Å². The van der Waals surface area contributed by atoms with Crippen molar-refractivity contribution in [2.45, 2.75) is 39.0 Å². The fourth-order valence-electron chi connectivity index (χ4n) is 3.08. The molecule has 0 saturated heterocycles. The molecule has 0 aliphatic carbocycles. The van der Waals surface area contributed by atoms with Crippen LogP contribution in [0.25, 0.3) is 0 Å². The van der Waals surface area contributed by atoms with Crippen molar-refractivity contribution in [3.63, 3.8) is 0 Å². The van der Waals surface area contributed by atoms with Crippen LogP contribution >= 0.6 is 0 Å². The fraction of sp³-hybridized carbons (Fsp3) is 0.278. The standard InChI is InChI=1S/C18H20N2O3S/c1-10-7-11(2)13(4)18(12(10)3)24(22,23)20-15-5-6-16-14(8-15)9-17(21)19-16/h5-8,20H,9H2,1-4H3,(H,19,21). The molecule has 1 aliphatic rings. The van der Waals surface area contributed by atoms with Crippen LogP contribution in [0.15, 0.2) is 29.2 Å². The second kappa shape index (κ2) is 5.63. The van der Waals surface area contributed by atoms with Crippen molar-refractivity contribution in [2.24, 2.45) is 0 Å². The molecule has 0 saturated carbocycles. The lowest BCUT2D eigenvalue weighted by molar-refractivity contribution is -0.115. The molecule has 24 heavy (non-hydrogen) atoms. The third-order valence-electron chi connectivity index (χ3n) is 4.55. The predicted molar refractivity (Wildman–Crippen MR) is 95.0 cm³/mol. The molecule has 1 aliphatic heterocycles. The van der Waals surface area contributed by atoms with Gasteiger partial charge in [-0.3, -0.25) is 9.52 Å². The fourth-order valence-corrected chi connectivity index (χ4v) is 4.75. The molecule has 2 aromatic carbocycles. The van der Waals surface area contributed by atoms with Crippen LogP contribution in [0.2, 0.25) is 0 Å². The molecule has 2 N–H and O–H groups in total. The molecule has 0 atom stereocenters. The van der Waals surface area contributed by atoms with E-state index < -0.39 is 10.0 Å². The van der Waals surface area contributed by atoms with Gasteiger partial charge in [-0.15, -0.1) is 0 Å². The number of nitrogens with one attached hydrogen (secondary N) is 2. The molecule has 0 aromatic heterocycles. The minimum Gasteiger partial charge on any atom is -0.326 e. The Morgan fingerprint density at radius 3 is 2.25 bits per heavy atom. The summed E-state index contributed by atoms with van der Waals surface area (Å²) in [6.45, 7) is 7.46. The zero-order chi connectivity index (χ0) is 17.6. The van der Waals surface area contributed by atoms with E-state index in [9.17, 15) is 13.2 Å². The number of hydrogen-bond acceptors (Lipinski definition) is 3. The highest BCUT2D eigenvalue weighted by molar-refractivity contribution is 7.92. The molecule has 0 unspecified atom stereocenters. The highest BCUT2D eigenvalue weighted by Gasteiger charge is 2.23. The number of aryl methyl sites for hydroxylation is 2. The van der Waals surface area contributed by atoms with Crippen LogP contribution in [0.3, 0.4) is 0 Å². The molecular formula is C18H20N2O3S. The number of sulfonamides is 1. The van der Waals surface area contributed by atoms with Gasteiger partial charge in [-0.2, -0.15) is 0 Å². The smallest absolute Gasteiger partial charge is 0.262 e. The third-order valence-corrected chi connectivity index (χ3v) is 6.20. The van der Waals surface area contributed by atoms with E-state index in [1.165, 1.54) is 0 Å². The number of anilines is 2. The van der Waals surface area contributed by atoms with Gasteiger partial charge in [-0.25, -0.2) is 8.42 Å². The first-order chi connectivity index (χ1) is 11.2. The molecule has 1 heterocycles. The maximum absolute atomic E-state index is 12.9.